The van der Waals surface area contributed by atoms with Gasteiger partial charge in [-0.1, -0.05) is 0 Å². The van der Waals surface area contributed by atoms with Crippen LogP contribution in [0, 0.1) is 17.2 Å². The van der Waals surface area contributed by atoms with Crippen LogP contribution in [-0.2, 0) is 0 Å². The Morgan fingerprint density at radius 1 is 1.48 bits per heavy atom. The summed E-state index contributed by atoms with van der Waals surface area (Å²) in [5.74, 6) is -1.96. The number of carbonyl (C=O) groups excluding carboxylic acids is 1. The summed E-state index contributed by atoms with van der Waals surface area (Å²) in [5, 5.41) is 29.7. The summed E-state index contributed by atoms with van der Waals surface area (Å²) in [7, 11) is 0. The topological polar surface area (TPSA) is 114 Å². The van der Waals surface area contributed by atoms with Crippen molar-refractivity contribution in [3.8, 4) is 11.8 Å². The highest BCUT2D eigenvalue weighted by Crippen LogP contribution is 2.22. The van der Waals surface area contributed by atoms with Crippen molar-refractivity contribution in [2.75, 3.05) is 18.4 Å². The maximum absolute atomic E-state index is 12.0. The van der Waals surface area contributed by atoms with Crippen LogP contribution < -0.4 is 5.32 Å². The number of nitriles is 1. The van der Waals surface area contributed by atoms with Gasteiger partial charge in [-0.15, -0.1) is 0 Å². The third-order valence-corrected chi connectivity index (χ3v) is 2.86. The number of hydrogen-bond donors (Lipinski definition) is 3. The Morgan fingerprint density at radius 3 is 2.62 bits per heavy atom. The lowest BCUT2D eigenvalue weighted by atomic mass is 10.2. The van der Waals surface area contributed by atoms with Gasteiger partial charge in [-0.2, -0.15) is 5.26 Å². The maximum atomic E-state index is 12.0. The van der Waals surface area contributed by atoms with E-state index >= 15 is 0 Å². The third kappa shape index (κ3) is 4.38. The second-order valence-electron chi connectivity index (χ2n) is 4.54. The number of hydrogen-bond acceptors (Lipinski definition) is 4. The Balaban J connectivity index is 2.80. The molecule has 0 aromatic heterocycles. The fourth-order valence-electron chi connectivity index (χ4n) is 1.72. The van der Waals surface area contributed by atoms with Crippen molar-refractivity contribution in [2.45, 2.75) is 13.8 Å². The van der Waals surface area contributed by atoms with Crippen LogP contribution in [0.2, 0.25) is 0 Å². The van der Waals surface area contributed by atoms with E-state index in [0.29, 0.717) is 6.54 Å². The minimum atomic E-state index is -1.25. The molecule has 112 valence electrons. The first-order valence-corrected chi connectivity index (χ1v) is 6.40. The molecule has 0 fully saturated rings. The van der Waals surface area contributed by atoms with Crippen LogP contribution in [0.5, 0.6) is 5.75 Å². The van der Waals surface area contributed by atoms with Crippen molar-refractivity contribution in [3.05, 3.63) is 23.8 Å². The van der Waals surface area contributed by atoms with Crippen LogP contribution in [-0.4, -0.2) is 40.2 Å². The molecule has 0 saturated carbocycles. The molecular formula is C14H17N3O4. The zero-order valence-corrected chi connectivity index (χ0v) is 11.8. The van der Waals surface area contributed by atoms with Crippen LogP contribution in [0.1, 0.15) is 24.2 Å². The van der Waals surface area contributed by atoms with E-state index < -0.39 is 17.7 Å². The summed E-state index contributed by atoms with van der Waals surface area (Å²) in [6, 6.07) is 5.41. The molecule has 7 nitrogen and oxygen atoms in total. The van der Waals surface area contributed by atoms with Gasteiger partial charge in [0.2, 0.25) is 0 Å². The molecule has 0 heterocycles. The second-order valence-corrected chi connectivity index (χ2v) is 4.54. The Kier molecular flexibility index (Phi) is 5.55. The molecule has 1 rings (SSSR count). The van der Waals surface area contributed by atoms with Gasteiger partial charge in [-0.3, -0.25) is 0 Å². The number of aromatic hydroxyl groups is 1. The lowest BCUT2D eigenvalue weighted by Crippen LogP contribution is -2.37. The van der Waals surface area contributed by atoms with Gasteiger partial charge >= 0.3 is 12.0 Å². The fraction of sp³-hybridized carbons (Fsp3) is 0.357. The van der Waals surface area contributed by atoms with E-state index in [1.165, 1.54) is 23.1 Å². The molecule has 0 spiro atoms. The Hall–Kier alpha value is -2.75. The SMILES string of the molecule is CCN(CC(C)C#N)C(=O)Nc1ccc(C(=O)O)c(O)c1. The summed E-state index contributed by atoms with van der Waals surface area (Å²) < 4.78 is 0. The second kappa shape index (κ2) is 7.14. The first kappa shape index (κ1) is 16.3. The number of amides is 2. The first-order valence-electron chi connectivity index (χ1n) is 6.40. The molecule has 0 saturated heterocycles. The molecule has 0 aliphatic rings. The zero-order valence-electron chi connectivity index (χ0n) is 11.8. The van der Waals surface area contributed by atoms with E-state index in [4.69, 9.17) is 10.4 Å². The van der Waals surface area contributed by atoms with Crippen molar-refractivity contribution >= 4 is 17.7 Å². The van der Waals surface area contributed by atoms with E-state index in [1.807, 2.05) is 0 Å². The van der Waals surface area contributed by atoms with Gasteiger partial charge in [0.1, 0.15) is 11.3 Å². The van der Waals surface area contributed by atoms with Gasteiger partial charge in [0.25, 0.3) is 0 Å². The molecule has 0 radical (unpaired) electrons. The zero-order chi connectivity index (χ0) is 16.0. The van der Waals surface area contributed by atoms with E-state index in [0.717, 1.165) is 0 Å². The van der Waals surface area contributed by atoms with Crippen molar-refractivity contribution in [2.24, 2.45) is 5.92 Å². The Labute approximate surface area is 122 Å². The van der Waals surface area contributed by atoms with Gasteiger partial charge in [0.05, 0.1) is 12.0 Å². The molecule has 1 atom stereocenters. The predicted octanol–water partition coefficient (Wildman–Crippen LogP) is 2.10. The lowest BCUT2D eigenvalue weighted by molar-refractivity contribution is 0.0694. The number of carboxylic acids is 1. The van der Waals surface area contributed by atoms with Crippen LogP contribution in [0.15, 0.2) is 18.2 Å². The standard InChI is InChI=1S/C14H17N3O4/c1-3-17(8-9(2)7-15)14(21)16-10-4-5-11(13(19)20)12(18)6-10/h4-6,9,18H,3,8H2,1-2H3,(H,16,21)(H,19,20). The quantitative estimate of drug-likeness (QED) is 0.768. The summed E-state index contributed by atoms with van der Waals surface area (Å²) in [5.41, 5.74) is 0.0454. The molecule has 7 heteroatoms. The third-order valence-electron chi connectivity index (χ3n) is 2.86. The van der Waals surface area contributed by atoms with E-state index in [-0.39, 0.29) is 23.7 Å². The van der Waals surface area contributed by atoms with E-state index in [2.05, 4.69) is 11.4 Å². The molecule has 3 N–H and O–H groups in total. The molecule has 0 aliphatic carbocycles. The number of carbonyl (C=O) groups is 2. The predicted molar refractivity (Wildman–Crippen MR) is 76.1 cm³/mol. The average Bonchev–Trinajstić information content (AvgIpc) is 2.43. The maximum Gasteiger partial charge on any atom is 0.339 e. The van der Waals surface area contributed by atoms with Gasteiger partial charge in [-0.25, -0.2) is 9.59 Å². The van der Waals surface area contributed by atoms with E-state index in [9.17, 15) is 14.7 Å². The number of urea groups is 1. The number of rotatable bonds is 5. The smallest absolute Gasteiger partial charge is 0.339 e. The molecule has 0 aliphatic heterocycles. The molecule has 1 aromatic carbocycles. The van der Waals surface area contributed by atoms with Crippen LogP contribution >= 0.6 is 0 Å². The van der Waals surface area contributed by atoms with Crippen LogP contribution in [0.4, 0.5) is 10.5 Å². The minimum Gasteiger partial charge on any atom is -0.507 e. The lowest BCUT2D eigenvalue weighted by Gasteiger charge is -2.22. The summed E-state index contributed by atoms with van der Waals surface area (Å²) in [6.07, 6.45) is 0. The highest BCUT2D eigenvalue weighted by molar-refractivity contribution is 5.93. The average molecular weight is 291 g/mol. The summed E-state index contributed by atoms with van der Waals surface area (Å²) in [4.78, 5) is 24.3. The van der Waals surface area contributed by atoms with Gasteiger partial charge in [0, 0.05) is 24.8 Å². The first-order chi connectivity index (χ1) is 9.88. The van der Waals surface area contributed by atoms with Crippen molar-refractivity contribution < 1.29 is 19.8 Å². The molecule has 0 bridgehead atoms. The fourth-order valence-corrected chi connectivity index (χ4v) is 1.72. The molecule has 1 unspecified atom stereocenters. The van der Waals surface area contributed by atoms with Crippen molar-refractivity contribution in [1.82, 2.24) is 4.90 Å². The highest BCUT2D eigenvalue weighted by Gasteiger charge is 2.16. The number of nitrogens with one attached hydrogen (secondary N) is 1. The van der Waals surface area contributed by atoms with Crippen LogP contribution in [0.25, 0.3) is 0 Å². The number of carboxylic acid groups (broad SMARTS) is 1. The Morgan fingerprint density at radius 2 is 2.14 bits per heavy atom. The number of phenols is 1. The number of aromatic carboxylic acids is 1. The summed E-state index contributed by atoms with van der Waals surface area (Å²) >= 11 is 0. The molecule has 2 amide bonds. The minimum absolute atomic E-state index is 0.238. The van der Waals surface area contributed by atoms with Gasteiger partial charge in [-0.05, 0) is 26.0 Å². The van der Waals surface area contributed by atoms with Crippen molar-refractivity contribution in [3.63, 3.8) is 0 Å². The normalized spacial score (nSPS) is 11.3. The molecule has 21 heavy (non-hydrogen) atoms. The number of benzene rings is 1. The molecule has 1 aromatic rings. The Bertz CT molecular complexity index is 580. The number of nitrogens with zero attached hydrogens (tertiary/aromatic N) is 2. The van der Waals surface area contributed by atoms with Crippen LogP contribution in [0.3, 0.4) is 0 Å². The monoisotopic (exact) mass is 291 g/mol. The highest BCUT2D eigenvalue weighted by atomic mass is 16.4. The van der Waals surface area contributed by atoms with E-state index in [1.54, 1.807) is 13.8 Å². The molecular weight excluding hydrogens is 274 g/mol. The largest absolute Gasteiger partial charge is 0.507 e. The van der Waals surface area contributed by atoms with Crippen molar-refractivity contribution in [1.29, 1.82) is 5.26 Å². The van der Waals surface area contributed by atoms with Gasteiger partial charge in [0.15, 0.2) is 0 Å². The number of anilines is 1. The summed E-state index contributed by atoms with van der Waals surface area (Å²) in [6.45, 7) is 4.22. The van der Waals surface area contributed by atoms with Gasteiger partial charge < -0.3 is 20.4 Å².